The molecule has 0 spiro atoms. The molecular formula is C15H17NO5. The van der Waals surface area contributed by atoms with E-state index >= 15 is 0 Å². The first kappa shape index (κ1) is 13.7. The van der Waals surface area contributed by atoms with Crippen molar-refractivity contribution in [2.45, 2.75) is 19.4 Å². The standard InChI is InChI=1S/C15H17NO5/c1-9-4-5-16(13(9)15(18)19)14(17)10-2-3-11-12(8-10)21-7-6-20-11/h2-3,8-9,13H,4-7H2,1H3,(H,18,19). The number of likely N-dealkylation sites (tertiary alicyclic amines) is 1. The summed E-state index contributed by atoms with van der Waals surface area (Å²) in [6, 6.07) is 4.21. The number of benzene rings is 1. The molecule has 0 bridgehead atoms. The van der Waals surface area contributed by atoms with Gasteiger partial charge in [-0.1, -0.05) is 6.92 Å². The summed E-state index contributed by atoms with van der Waals surface area (Å²) in [4.78, 5) is 25.3. The van der Waals surface area contributed by atoms with Gasteiger partial charge in [-0.15, -0.1) is 0 Å². The van der Waals surface area contributed by atoms with Gasteiger partial charge in [0.25, 0.3) is 5.91 Å². The fraction of sp³-hybridized carbons (Fsp3) is 0.467. The average Bonchev–Trinajstić information content (AvgIpc) is 2.88. The molecule has 21 heavy (non-hydrogen) atoms. The molecule has 1 aromatic rings. The number of aliphatic carboxylic acids is 1. The molecular weight excluding hydrogens is 274 g/mol. The molecule has 0 aliphatic carbocycles. The number of carboxylic acids is 1. The largest absolute Gasteiger partial charge is 0.486 e. The first-order chi connectivity index (χ1) is 10.1. The van der Waals surface area contributed by atoms with E-state index < -0.39 is 12.0 Å². The molecule has 112 valence electrons. The van der Waals surface area contributed by atoms with Crippen LogP contribution in [-0.4, -0.2) is 47.7 Å². The van der Waals surface area contributed by atoms with Gasteiger partial charge in [-0.3, -0.25) is 4.79 Å². The number of carboxylic acid groups (broad SMARTS) is 1. The molecule has 0 aromatic heterocycles. The van der Waals surface area contributed by atoms with Crippen LogP contribution in [0.15, 0.2) is 18.2 Å². The van der Waals surface area contributed by atoms with Gasteiger partial charge in [-0.25, -0.2) is 4.79 Å². The smallest absolute Gasteiger partial charge is 0.326 e. The Kier molecular flexibility index (Phi) is 3.45. The Morgan fingerprint density at radius 2 is 1.95 bits per heavy atom. The Hall–Kier alpha value is -2.24. The van der Waals surface area contributed by atoms with Crippen LogP contribution in [-0.2, 0) is 4.79 Å². The minimum absolute atomic E-state index is 0.0383. The summed E-state index contributed by atoms with van der Waals surface area (Å²) in [5.74, 6) is -0.119. The zero-order chi connectivity index (χ0) is 15.0. The maximum absolute atomic E-state index is 12.6. The average molecular weight is 291 g/mol. The molecule has 6 heteroatoms. The van der Waals surface area contributed by atoms with Crippen molar-refractivity contribution in [3.05, 3.63) is 23.8 Å². The number of carbonyl (C=O) groups excluding carboxylic acids is 1. The van der Waals surface area contributed by atoms with Crippen molar-refractivity contribution in [3.63, 3.8) is 0 Å². The number of ether oxygens (including phenoxy) is 2. The van der Waals surface area contributed by atoms with Gasteiger partial charge < -0.3 is 19.5 Å². The second-order valence-electron chi connectivity index (χ2n) is 5.41. The van der Waals surface area contributed by atoms with Crippen molar-refractivity contribution in [2.24, 2.45) is 5.92 Å². The molecule has 6 nitrogen and oxygen atoms in total. The van der Waals surface area contributed by atoms with Crippen LogP contribution in [0.25, 0.3) is 0 Å². The molecule has 2 aliphatic rings. The number of rotatable bonds is 2. The van der Waals surface area contributed by atoms with Gasteiger partial charge in [0, 0.05) is 12.1 Å². The first-order valence-electron chi connectivity index (χ1n) is 7.01. The summed E-state index contributed by atoms with van der Waals surface area (Å²) in [5.41, 5.74) is 0.430. The number of carbonyl (C=O) groups is 2. The van der Waals surface area contributed by atoms with E-state index in [1.807, 2.05) is 6.92 Å². The van der Waals surface area contributed by atoms with Gasteiger partial charge in [-0.05, 0) is 30.5 Å². The SMILES string of the molecule is CC1CCN(C(=O)c2ccc3c(c2)OCCO3)C1C(=O)O. The van der Waals surface area contributed by atoms with Crippen molar-refractivity contribution in [1.29, 1.82) is 0 Å². The minimum Gasteiger partial charge on any atom is -0.486 e. The second-order valence-corrected chi connectivity index (χ2v) is 5.41. The number of fused-ring (bicyclic) bond motifs is 1. The van der Waals surface area contributed by atoms with Crippen LogP contribution < -0.4 is 9.47 Å². The topological polar surface area (TPSA) is 76.1 Å². The first-order valence-corrected chi connectivity index (χ1v) is 7.01. The van der Waals surface area contributed by atoms with Gasteiger partial charge >= 0.3 is 5.97 Å². The normalized spacial score (nSPS) is 24.0. The van der Waals surface area contributed by atoms with Crippen LogP contribution in [0.2, 0.25) is 0 Å². The highest BCUT2D eigenvalue weighted by atomic mass is 16.6. The lowest BCUT2D eigenvalue weighted by molar-refractivity contribution is -0.142. The highest BCUT2D eigenvalue weighted by Gasteiger charge is 2.39. The Morgan fingerprint density at radius 3 is 2.67 bits per heavy atom. The van der Waals surface area contributed by atoms with Crippen molar-refractivity contribution in [3.8, 4) is 11.5 Å². The van der Waals surface area contributed by atoms with E-state index in [4.69, 9.17) is 9.47 Å². The molecule has 0 radical (unpaired) electrons. The van der Waals surface area contributed by atoms with E-state index in [1.54, 1.807) is 18.2 Å². The monoisotopic (exact) mass is 291 g/mol. The molecule has 2 atom stereocenters. The summed E-state index contributed by atoms with van der Waals surface area (Å²) < 4.78 is 10.9. The summed E-state index contributed by atoms with van der Waals surface area (Å²) >= 11 is 0. The van der Waals surface area contributed by atoms with Gasteiger partial charge in [0.15, 0.2) is 11.5 Å². The molecule has 1 fully saturated rings. The van der Waals surface area contributed by atoms with Crippen molar-refractivity contribution < 1.29 is 24.2 Å². The number of nitrogens with zero attached hydrogens (tertiary/aromatic N) is 1. The summed E-state index contributed by atoms with van der Waals surface area (Å²) in [7, 11) is 0. The second kappa shape index (κ2) is 5.27. The fourth-order valence-electron chi connectivity index (χ4n) is 2.89. The van der Waals surface area contributed by atoms with E-state index in [0.717, 1.165) is 0 Å². The highest BCUT2D eigenvalue weighted by Crippen LogP contribution is 2.32. The third-order valence-corrected chi connectivity index (χ3v) is 4.00. The van der Waals surface area contributed by atoms with E-state index in [1.165, 1.54) is 4.90 Å². The van der Waals surface area contributed by atoms with Crippen LogP contribution in [0.4, 0.5) is 0 Å². The van der Waals surface area contributed by atoms with E-state index in [-0.39, 0.29) is 11.8 Å². The molecule has 1 amide bonds. The molecule has 0 saturated carbocycles. The molecule has 2 unspecified atom stereocenters. The van der Waals surface area contributed by atoms with Crippen molar-refractivity contribution >= 4 is 11.9 Å². The maximum atomic E-state index is 12.6. The van der Waals surface area contributed by atoms with Gasteiger partial charge in [0.1, 0.15) is 19.3 Å². The molecule has 3 rings (SSSR count). The van der Waals surface area contributed by atoms with Crippen LogP contribution >= 0.6 is 0 Å². The van der Waals surface area contributed by atoms with Crippen LogP contribution in [0.5, 0.6) is 11.5 Å². The highest BCUT2D eigenvalue weighted by molar-refractivity contribution is 5.97. The fourth-order valence-corrected chi connectivity index (χ4v) is 2.89. The van der Waals surface area contributed by atoms with Crippen LogP contribution in [0.1, 0.15) is 23.7 Å². The lowest BCUT2D eigenvalue weighted by atomic mass is 10.0. The predicted octanol–water partition coefficient (Wildman–Crippen LogP) is 1.39. The molecule has 2 aliphatic heterocycles. The molecule has 2 heterocycles. The van der Waals surface area contributed by atoms with E-state index in [0.29, 0.717) is 43.2 Å². The van der Waals surface area contributed by atoms with Gasteiger partial charge in [0.2, 0.25) is 0 Å². The number of hydrogen-bond acceptors (Lipinski definition) is 4. The summed E-state index contributed by atoms with van der Waals surface area (Å²) in [5, 5.41) is 9.30. The zero-order valence-electron chi connectivity index (χ0n) is 11.7. The zero-order valence-corrected chi connectivity index (χ0v) is 11.7. The lowest BCUT2D eigenvalue weighted by Crippen LogP contribution is -2.42. The lowest BCUT2D eigenvalue weighted by Gasteiger charge is -2.24. The van der Waals surface area contributed by atoms with Crippen molar-refractivity contribution in [1.82, 2.24) is 4.90 Å². The Balaban J connectivity index is 1.86. The number of hydrogen-bond donors (Lipinski definition) is 1. The third kappa shape index (κ3) is 2.41. The van der Waals surface area contributed by atoms with E-state index in [9.17, 15) is 14.7 Å². The Labute approximate surface area is 122 Å². The molecule has 1 aromatic carbocycles. The van der Waals surface area contributed by atoms with Crippen LogP contribution in [0.3, 0.4) is 0 Å². The maximum Gasteiger partial charge on any atom is 0.326 e. The predicted molar refractivity (Wildman–Crippen MR) is 73.7 cm³/mol. The van der Waals surface area contributed by atoms with Gasteiger partial charge in [0.05, 0.1) is 0 Å². The van der Waals surface area contributed by atoms with Crippen LogP contribution in [0, 0.1) is 5.92 Å². The van der Waals surface area contributed by atoms with E-state index in [2.05, 4.69) is 0 Å². The van der Waals surface area contributed by atoms with Gasteiger partial charge in [-0.2, -0.15) is 0 Å². The summed E-state index contributed by atoms with van der Waals surface area (Å²) in [6.45, 7) is 3.26. The minimum atomic E-state index is -0.953. The molecule has 1 N–H and O–H groups in total. The van der Waals surface area contributed by atoms with Crippen molar-refractivity contribution in [2.75, 3.05) is 19.8 Å². The quantitative estimate of drug-likeness (QED) is 0.891. The summed E-state index contributed by atoms with van der Waals surface area (Å²) in [6.07, 6.45) is 0.702. The molecule has 1 saturated heterocycles. The third-order valence-electron chi connectivity index (χ3n) is 4.00. The number of amides is 1. The Bertz CT molecular complexity index is 585. The Morgan fingerprint density at radius 1 is 1.24 bits per heavy atom.